The van der Waals surface area contributed by atoms with Crippen LogP contribution in [0.25, 0.3) is 17.5 Å². The van der Waals surface area contributed by atoms with Gasteiger partial charge in [-0.25, -0.2) is 14.2 Å². The molecule has 4 aliphatic rings. The summed E-state index contributed by atoms with van der Waals surface area (Å²) < 4.78 is 21.9. The maximum Gasteiger partial charge on any atom is 0.343 e. The minimum Gasteiger partial charge on any atom is -0.458 e. The third-order valence-electron chi connectivity index (χ3n) is 8.25. The molecule has 2 aliphatic carbocycles. The molecule has 0 aromatic carbocycles. The topological polar surface area (TPSA) is 107 Å². The second-order valence-corrected chi connectivity index (χ2v) is 10.2. The molecule has 0 amide bonds. The number of aliphatic hydroxyl groups is 1. The van der Waals surface area contributed by atoms with Crippen LogP contribution in [0, 0.1) is 5.41 Å². The fourth-order valence-corrected chi connectivity index (χ4v) is 6.19. The molecule has 0 fully saturated rings. The highest BCUT2D eigenvalue weighted by atomic mass is 19.1. The van der Waals surface area contributed by atoms with Crippen molar-refractivity contribution in [1.29, 1.82) is 0 Å². The lowest BCUT2D eigenvalue weighted by Crippen LogP contribution is -2.44. The van der Waals surface area contributed by atoms with Crippen LogP contribution >= 0.6 is 0 Å². The van der Waals surface area contributed by atoms with Gasteiger partial charge in [-0.3, -0.25) is 4.79 Å². The van der Waals surface area contributed by atoms with Gasteiger partial charge >= 0.3 is 5.97 Å². The summed E-state index contributed by atoms with van der Waals surface area (Å²) in [5.41, 5.74) is 8.78. The van der Waals surface area contributed by atoms with E-state index in [4.69, 9.17) is 15.5 Å². The zero-order valence-electron chi connectivity index (χ0n) is 18.9. The SMILES string of the molecule is CC[C@@]1(O)C(=O)OCc2c1cc1n(c2=O)Cc2c-1nc1c3c2[C@@H](N)CCC3C(C)(C)C(F)=C1. The first-order valence-corrected chi connectivity index (χ1v) is 11.5. The quantitative estimate of drug-likeness (QED) is 0.551. The Kier molecular flexibility index (Phi) is 4.02. The van der Waals surface area contributed by atoms with Crippen LogP contribution in [0.5, 0.6) is 0 Å². The Morgan fingerprint density at radius 3 is 2.76 bits per heavy atom. The van der Waals surface area contributed by atoms with Crippen LogP contribution in [0.2, 0.25) is 0 Å². The largest absolute Gasteiger partial charge is 0.458 e. The summed E-state index contributed by atoms with van der Waals surface area (Å²) in [5, 5.41) is 11.1. The number of allylic oxidation sites excluding steroid dienone is 1. The van der Waals surface area contributed by atoms with Crippen LogP contribution in [0.15, 0.2) is 16.7 Å². The molecule has 0 spiro atoms. The van der Waals surface area contributed by atoms with Gasteiger partial charge in [-0.05, 0) is 48.4 Å². The molecule has 33 heavy (non-hydrogen) atoms. The van der Waals surface area contributed by atoms with E-state index in [2.05, 4.69) is 0 Å². The number of carbonyl (C=O) groups excluding carboxylic acids is 1. The van der Waals surface area contributed by atoms with Crippen LogP contribution in [0.3, 0.4) is 0 Å². The van der Waals surface area contributed by atoms with Crippen molar-refractivity contribution in [2.24, 2.45) is 11.1 Å². The summed E-state index contributed by atoms with van der Waals surface area (Å²) >= 11 is 0. The van der Waals surface area contributed by atoms with E-state index in [0.29, 0.717) is 23.6 Å². The molecule has 172 valence electrons. The summed E-state index contributed by atoms with van der Waals surface area (Å²) in [6, 6.07) is 1.45. The summed E-state index contributed by atoms with van der Waals surface area (Å²) in [6.45, 7) is 5.62. The maximum atomic E-state index is 15.1. The predicted molar refractivity (Wildman–Crippen MR) is 119 cm³/mol. The number of halogens is 1. The first-order valence-electron chi connectivity index (χ1n) is 11.5. The average molecular weight is 451 g/mol. The number of hydrogen-bond acceptors (Lipinski definition) is 6. The summed E-state index contributed by atoms with van der Waals surface area (Å²) in [6.07, 6.45) is 3.07. The van der Waals surface area contributed by atoms with Gasteiger partial charge in [0.2, 0.25) is 0 Å². The zero-order valence-corrected chi connectivity index (χ0v) is 18.9. The maximum absolute atomic E-state index is 15.1. The molecule has 2 aliphatic heterocycles. The Bertz CT molecular complexity index is 1360. The first-order chi connectivity index (χ1) is 15.6. The Morgan fingerprint density at radius 2 is 2.03 bits per heavy atom. The minimum atomic E-state index is -1.88. The third-order valence-corrected chi connectivity index (χ3v) is 8.25. The van der Waals surface area contributed by atoms with E-state index in [-0.39, 0.29) is 47.5 Å². The number of esters is 1. The summed E-state index contributed by atoms with van der Waals surface area (Å²) in [4.78, 5) is 30.7. The fourth-order valence-electron chi connectivity index (χ4n) is 6.19. The van der Waals surface area contributed by atoms with Crippen molar-refractivity contribution in [3.05, 3.63) is 55.8 Å². The number of ether oxygens (including phenoxy) is 1. The van der Waals surface area contributed by atoms with Crippen molar-refractivity contribution in [1.82, 2.24) is 9.55 Å². The zero-order chi connectivity index (χ0) is 23.4. The molecular weight excluding hydrogens is 425 g/mol. The molecule has 0 saturated heterocycles. The summed E-state index contributed by atoms with van der Waals surface area (Å²) in [7, 11) is 0. The molecular formula is C25H26FN3O4. The molecule has 6 rings (SSSR count). The van der Waals surface area contributed by atoms with Crippen molar-refractivity contribution in [3.63, 3.8) is 0 Å². The molecule has 4 heterocycles. The molecule has 8 heteroatoms. The van der Waals surface area contributed by atoms with E-state index < -0.39 is 17.0 Å². The van der Waals surface area contributed by atoms with Crippen LogP contribution in [0.1, 0.15) is 85.5 Å². The lowest BCUT2D eigenvalue weighted by molar-refractivity contribution is -0.172. The van der Waals surface area contributed by atoms with Gasteiger partial charge in [0.15, 0.2) is 5.60 Å². The van der Waals surface area contributed by atoms with Gasteiger partial charge in [0.1, 0.15) is 12.4 Å². The fraction of sp³-hybridized carbons (Fsp3) is 0.480. The highest BCUT2D eigenvalue weighted by Gasteiger charge is 2.48. The van der Waals surface area contributed by atoms with Gasteiger partial charge in [0.05, 0.1) is 29.2 Å². The van der Waals surface area contributed by atoms with Crippen molar-refractivity contribution in [3.8, 4) is 11.4 Å². The van der Waals surface area contributed by atoms with Crippen molar-refractivity contribution in [2.75, 3.05) is 0 Å². The predicted octanol–water partition coefficient (Wildman–Crippen LogP) is 3.15. The molecule has 0 bridgehead atoms. The molecule has 3 N–H and O–H groups in total. The van der Waals surface area contributed by atoms with E-state index in [1.54, 1.807) is 17.6 Å². The van der Waals surface area contributed by atoms with Crippen molar-refractivity contribution < 1.29 is 19.0 Å². The Hall–Kier alpha value is -2.84. The minimum absolute atomic E-state index is 0.0325. The highest BCUT2D eigenvalue weighted by molar-refractivity contribution is 5.84. The molecule has 3 atom stereocenters. The van der Waals surface area contributed by atoms with Gasteiger partial charge in [-0.2, -0.15) is 0 Å². The van der Waals surface area contributed by atoms with E-state index >= 15 is 4.39 Å². The van der Waals surface area contributed by atoms with E-state index in [1.165, 1.54) is 6.08 Å². The number of nitrogens with zero attached hydrogens (tertiary/aromatic N) is 2. The number of aromatic nitrogens is 2. The normalized spacial score (nSPS) is 28.3. The number of carbonyl (C=O) groups is 1. The van der Waals surface area contributed by atoms with Crippen LogP contribution in [-0.2, 0) is 28.3 Å². The standard InChI is InChI=1S/C25H26FN3O4/c1-4-25(32)14-7-17-21-11(9-29(17)22(30)12(14)10-33-23(25)31)19-15(27)6-5-13-20(19)16(28-21)8-18(26)24(13,2)3/h7-8,13,15,32H,4-6,9-10,27H2,1-3H3/t13?,15-,25-/m0/s1. The lowest BCUT2D eigenvalue weighted by Gasteiger charge is -2.43. The number of rotatable bonds is 1. The Morgan fingerprint density at radius 1 is 1.27 bits per heavy atom. The number of cyclic esters (lactones) is 1. The summed E-state index contributed by atoms with van der Waals surface area (Å²) in [5.74, 6) is -1.00. The Labute approximate surface area is 190 Å². The van der Waals surface area contributed by atoms with Crippen LogP contribution in [-0.4, -0.2) is 20.6 Å². The molecule has 1 unspecified atom stereocenters. The average Bonchev–Trinajstić information content (AvgIpc) is 3.14. The number of pyridine rings is 2. The smallest absolute Gasteiger partial charge is 0.343 e. The van der Waals surface area contributed by atoms with Crippen molar-refractivity contribution in [2.45, 2.75) is 70.7 Å². The molecule has 0 radical (unpaired) electrons. The Balaban J connectivity index is 1.65. The monoisotopic (exact) mass is 451 g/mol. The second kappa shape index (κ2) is 6.39. The number of hydrogen-bond donors (Lipinski definition) is 2. The molecule has 2 aromatic rings. The highest BCUT2D eigenvalue weighted by Crippen LogP contribution is 2.56. The molecule has 2 aromatic heterocycles. The number of fused-ring (bicyclic) bond motifs is 5. The van der Waals surface area contributed by atoms with Gasteiger partial charge in [-0.15, -0.1) is 0 Å². The van der Waals surface area contributed by atoms with Crippen LogP contribution < -0.4 is 11.3 Å². The molecule has 7 nitrogen and oxygen atoms in total. The van der Waals surface area contributed by atoms with Gasteiger partial charge in [0.25, 0.3) is 5.56 Å². The number of nitrogens with two attached hydrogens (primary N) is 1. The van der Waals surface area contributed by atoms with Crippen LogP contribution in [0.4, 0.5) is 4.39 Å². The van der Waals surface area contributed by atoms with E-state index in [1.807, 2.05) is 13.8 Å². The van der Waals surface area contributed by atoms with E-state index in [9.17, 15) is 14.7 Å². The second-order valence-electron chi connectivity index (χ2n) is 10.2. The third kappa shape index (κ3) is 2.43. The molecule has 0 saturated carbocycles. The van der Waals surface area contributed by atoms with Crippen molar-refractivity contribution >= 4 is 12.0 Å². The van der Waals surface area contributed by atoms with E-state index in [0.717, 1.165) is 29.5 Å². The van der Waals surface area contributed by atoms with Gasteiger partial charge < -0.3 is 20.1 Å². The first kappa shape index (κ1) is 20.7. The lowest BCUT2D eigenvalue weighted by atomic mass is 9.63. The van der Waals surface area contributed by atoms with Gasteiger partial charge in [-0.1, -0.05) is 20.8 Å². The van der Waals surface area contributed by atoms with Gasteiger partial charge in [0, 0.05) is 22.6 Å².